The van der Waals surface area contributed by atoms with Crippen LogP contribution in [0.25, 0.3) is 0 Å². The highest BCUT2D eigenvalue weighted by atomic mass is 79.9. The van der Waals surface area contributed by atoms with Crippen LogP contribution in [0.2, 0.25) is 5.02 Å². The Bertz CT molecular complexity index is 1240. The number of carbonyl (C=O) groups is 1. The molecule has 4 nitrogen and oxygen atoms in total. The number of anilines is 1. The Morgan fingerprint density at radius 2 is 1.58 bits per heavy atom. The molecule has 0 radical (unpaired) electrons. The monoisotopic (exact) mass is 528 g/mol. The zero-order valence-corrected chi connectivity index (χ0v) is 22.3. The van der Waals surface area contributed by atoms with Gasteiger partial charge in [0.25, 0.3) is 5.91 Å². The predicted molar refractivity (Wildman–Crippen MR) is 141 cm³/mol. The third kappa shape index (κ3) is 5.25. The van der Waals surface area contributed by atoms with Crippen LogP contribution in [0, 0.1) is 13.8 Å². The van der Waals surface area contributed by atoms with Gasteiger partial charge in [0.2, 0.25) is 5.43 Å². The molecule has 2 aromatic carbocycles. The number of rotatable bonds is 6. The Hall–Kier alpha value is -2.37. The number of hydrogen-bond acceptors (Lipinski definition) is 2. The zero-order valence-electron chi connectivity index (χ0n) is 19.9. The number of aromatic nitrogens is 1. The summed E-state index contributed by atoms with van der Waals surface area (Å²) in [4.78, 5) is 26.8. The normalized spacial score (nSPS) is 11.3. The lowest BCUT2D eigenvalue weighted by atomic mass is 9.92. The van der Waals surface area contributed by atoms with E-state index in [1.54, 1.807) is 0 Å². The molecule has 0 unspecified atom stereocenters. The van der Waals surface area contributed by atoms with Gasteiger partial charge in [-0.2, -0.15) is 0 Å². The third-order valence-electron chi connectivity index (χ3n) is 5.98. The van der Waals surface area contributed by atoms with Gasteiger partial charge in [0.15, 0.2) is 0 Å². The maximum atomic E-state index is 13.6. The SMILES string of the molecule is Cc1c(Br)c(=O)c(C(=O)Nc2c(C(C)C)cccc2C(C)C)c(C)n1Cc1cccc(Cl)c1. The molecule has 0 saturated carbocycles. The standard InChI is InChI=1S/C27H30BrClN2O2/c1-15(2)21-11-8-12-22(16(3)4)25(21)30-27(33)23-17(5)31(18(6)24(28)26(23)32)14-19-9-7-10-20(29)13-19/h7-13,15-16H,14H2,1-6H3,(H,30,33). The van der Waals surface area contributed by atoms with E-state index < -0.39 is 5.91 Å². The van der Waals surface area contributed by atoms with Gasteiger partial charge >= 0.3 is 0 Å². The minimum atomic E-state index is -0.395. The molecule has 0 bridgehead atoms. The van der Waals surface area contributed by atoms with Gasteiger partial charge in [-0.1, -0.05) is 69.6 Å². The second-order valence-electron chi connectivity index (χ2n) is 8.98. The highest BCUT2D eigenvalue weighted by molar-refractivity contribution is 9.10. The summed E-state index contributed by atoms with van der Waals surface area (Å²) >= 11 is 9.60. The van der Waals surface area contributed by atoms with Crippen LogP contribution >= 0.6 is 27.5 Å². The van der Waals surface area contributed by atoms with E-state index in [1.165, 1.54) is 0 Å². The van der Waals surface area contributed by atoms with Crippen molar-refractivity contribution in [2.24, 2.45) is 0 Å². The van der Waals surface area contributed by atoms with Crippen molar-refractivity contribution in [3.8, 4) is 0 Å². The van der Waals surface area contributed by atoms with E-state index in [0.717, 1.165) is 28.1 Å². The average Bonchev–Trinajstić information content (AvgIpc) is 2.75. The fourth-order valence-electron chi connectivity index (χ4n) is 4.14. The lowest BCUT2D eigenvalue weighted by Gasteiger charge is -2.22. The van der Waals surface area contributed by atoms with Crippen molar-refractivity contribution < 1.29 is 4.79 Å². The summed E-state index contributed by atoms with van der Waals surface area (Å²) in [5.41, 5.74) is 5.11. The van der Waals surface area contributed by atoms with E-state index in [9.17, 15) is 9.59 Å². The molecule has 0 aliphatic heterocycles. The van der Waals surface area contributed by atoms with Crippen LogP contribution in [0.1, 0.15) is 78.0 Å². The molecule has 0 spiro atoms. The molecule has 0 aliphatic rings. The van der Waals surface area contributed by atoms with E-state index >= 15 is 0 Å². The Morgan fingerprint density at radius 3 is 2.12 bits per heavy atom. The average molecular weight is 530 g/mol. The van der Waals surface area contributed by atoms with E-state index in [1.807, 2.05) is 60.9 Å². The lowest BCUT2D eigenvalue weighted by molar-refractivity contribution is 0.102. The minimum absolute atomic E-state index is 0.141. The molecule has 0 saturated heterocycles. The minimum Gasteiger partial charge on any atom is -0.343 e. The number of nitrogens with zero attached hydrogens (tertiary/aromatic N) is 1. The Labute approximate surface area is 209 Å². The molecular formula is C27H30BrClN2O2. The summed E-state index contributed by atoms with van der Waals surface area (Å²) in [6, 6.07) is 13.7. The number of carbonyl (C=O) groups excluding carboxylic acids is 1. The van der Waals surface area contributed by atoms with Crippen LogP contribution in [0.15, 0.2) is 51.7 Å². The molecule has 1 aromatic heterocycles. The molecule has 33 heavy (non-hydrogen) atoms. The summed E-state index contributed by atoms with van der Waals surface area (Å²) in [5.74, 6) is 0.0571. The molecule has 174 valence electrons. The van der Waals surface area contributed by atoms with Crippen molar-refractivity contribution in [2.75, 3.05) is 5.32 Å². The number of hydrogen-bond donors (Lipinski definition) is 1. The number of pyridine rings is 1. The Kier molecular flexibility index (Phi) is 7.86. The van der Waals surface area contributed by atoms with Gasteiger partial charge < -0.3 is 9.88 Å². The van der Waals surface area contributed by atoms with Crippen molar-refractivity contribution >= 4 is 39.1 Å². The second kappa shape index (κ2) is 10.3. The van der Waals surface area contributed by atoms with Crippen molar-refractivity contribution in [3.63, 3.8) is 0 Å². The molecule has 0 fully saturated rings. The second-order valence-corrected chi connectivity index (χ2v) is 10.2. The van der Waals surface area contributed by atoms with E-state index in [-0.39, 0.29) is 22.8 Å². The highest BCUT2D eigenvalue weighted by Gasteiger charge is 2.24. The van der Waals surface area contributed by atoms with Gasteiger partial charge in [0.1, 0.15) is 5.56 Å². The summed E-state index contributed by atoms with van der Waals surface area (Å²) < 4.78 is 2.37. The highest BCUT2D eigenvalue weighted by Crippen LogP contribution is 2.33. The summed E-state index contributed by atoms with van der Waals surface area (Å²) in [7, 11) is 0. The van der Waals surface area contributed by atoms with Gasteiger partial charge in [-0.25, -0.2) is 0 Å². The van der Waals surface area contributed by atoms with Crippen LogP contribution in [0.4, 0.5) is 5.69 Å². The topological polar surface area (TPSA) is 51.1 Å². The summed E-state index contributed by atoms with van der Waals surface area (Å²) in [6.45, 7) is 12.6. The summed E-state index contributed by atoms with van der Waals surface area (Å²) in [6.07, 6.45) is 0. The Morgan fingerprint density at radius 1 is 1.00 bits per heavy atom. The first-order valence-electron chi connectivity index (χ1n) is 11.1. The molecule has 1 N–H and O–H groups in total. The first-order valence-corrected chi connectivity index (χ1v) is 12.3. The number of nitrogens with one attached hydrogen (secondary N) is 1. The fourth-order valence-corrected chi connectivity index (χ4v) is 4.76. The van der Waals surface area contributed by atoms with Crippen LogP contribution in [0.5, 0.6) is 0 Å². The molecular weight excluding hydrogens is 500 g/mol. The van der Waals surface area contributed by atoms with E-state index in [4.69, 9.17) is 11.6 Å². The van der Waals surface area contributed by atoms with E-state index in [2.05, 4.69) is 48.9 Å². The van der Waals surface area contributed by atoms with Gasteiger partial charge in [0.05, 0.1) is 4.47 Å². The lowest BCUT2D eigenvalue weighted by Crippen LogP contribution is -2.29. The van der Waals surface area contributed by atoms with E-state index in [0.29, 0.717) is 21.7 Å². The van der Waals surface area contributed by atoms with Crippen molar-refractivity contribution in [1.82, 2.24) is 4.57 Å². The smallest absolute Gasteiger partial charge is 0.261 e. The number of amides is 1. The first kappa shape index (κ1) is 25.3. The maximum absolute atomic E-state index is 13.6. The zero-order chi connectivity index (χ0) is 24.4. The van der Waals surface area contributed by atoms with Gasteiger partial charge in [-0.15, -0.1) is 0 Å². The summed E-state index contributed by atoms with van der Waals surface area (Å²) in [5, 5.41) is 3.74. The largest absolute Gasteiger partial charge is 0.343 e. The van der Waals surface area contributed by atoms with Gasteiger partial charge in [0, 0.05) is 28.6 Å². The predicted octanol–water partition coefficient (Wildman–Crippen LogP) is 7.43. The van der Waals surface area contributed by atoms with Gasteiger partial charge in [-0.3, -0.25) is 9.59 Å². The number of halogens is 2. The van der Waals surface area contributed by atoms with Crippen LogP contribution in [-0.4, -0.2) is 10.5 Å². The molecule has 6 heteroatoms. The third-order valence-corrected chi connectivity index (χ3v) is 7.15. The van der Waals surface area contributed by atoms with Crippen molar-refractivity contribution in [1.29, 1.82) is 0 Å². The van der Waals surface area contributed by atoms with Crippen LogP contribution < -0.4 is 10.7 Å². The Balaban J connectivity index is 2.12. The molecule has 3 rings (SSSR count). The maximum Gasteiger partial charge on any atom is 0.261 e. The molecule has 0 aliphatic carbocycles. The molecule has 0 atom stereocenters. The van der Waals surface area contributed by atoms with Crippen LogP contribution in [-0.2, 0) is 6.54 Å². The number of benzene rings is 2. The van der Waals surface area contributed by atoms with Crippen molar-refractivity contribution in [3.05, 3.63) is 95.8 Å². The number of para-hydroxylation sites is 1. The molecule has 1 heterocycles. The molecule has 1 amide bonds. The van der Waals surface area contributed by atoms with Crippen molar-refractivity contribution in [2.45, 2.75) is 59.9 Å². The molecule has 3 aromatic rings. The first-order chi connectivity index (χ1) is 15.5. The fraction of sp³-hybridized carbons (Fsp3) is 0.333. The van der Waals surface area contributed by atoms with Gasteiger partial charge in [-0.05, 0) is 70.4 Å². The van der Waals surface area contributed by atoms with Crippen LogP contribution in [0.3, 0.4) is 0 Å². The quantitative estimate of drug-likeness (QED) is 0.361.